The fraction of sp³-hybridized carbons (Fsp3) is 0.562. The Labute approximate surface area is 122 Å². The second-order valence-corrected chi connectivity index (χ2v) is 5.00. The van der Waals surface area contributed by atoms with Gasteiger partial charge in [-0.05, 0) is 32.8 Å². The fourth-order valence-electron chi connectivity index (χ4n) is 2.01. The summed E-state index contributed by atoms with van der Waals surface area (Å²) >= 11 is 0. The summed E-state index contributed by atoms with van der Waals surface area (Å²) in [5.41, 5.74) is 2.62. The number of hydrogen-bond donors (Lipinski definition) is 2. The van der Waals surface area contributed by atoms with Crippen molar-refractivity contribution in [2.75, 3.05) is 26.8 Å². The summed E-state index contributed by atoms with van der Waals surface area (Å²) in [7, 11) is 1.71. The summed E-state index contributed by atoms with van der Waals surface area (Å²) in [6.45, 7) is 8.57. The van der Waals surface area contributed by atoms with Crippen molar-refractivity contribution in [3.8, 4) is 0 Å². The number of hydrogen-bond acceptors (Lipinski definition) is 2. The molecule has 1 atom stereocenters. The minimum absolute atomic E-state index is 0.247. The van der Waals surface area contributed by atoms with Gasteiger partial charge in [-0.3, -0.25) is 4.99 Å². The number of guanidine groups is 1. The minimum Gasteiger partial charge on any atom is -0.383 e. The fourth-order valence-corrected chi connectivity index (χ4v) is 2.01. The van der Waals surface area contributed by atoms with Gasteiger partial charge in [-0.2, -0.15) is 0 Å². The van der Waals surface area contributed by atoms with Crippen LogP contribution in [0.4, 0.5) is 0 Å². The van der Waals surface area contributed by atoms with Gasteiger partial charge in [0.15, 0.2) is 5.96 Å². The smallest absolute Gasteiger partial charge is 0.191 e. The Balaban J connectivity index is 2.49. The van der Waals surface area contributed by atoms with E-state index in [1.54, 1.807) is 7.11 Å². The van der Waals surface area contributed by atoms with E-state index < -0.39 is 0 Å². The van der Waals surface area contributed by atoms with Gasteiger partial charge in [-0.15, -0.1) is 0 Å². The highest BCUT2D eigenvalue weighted by Gasteiger charge is 2.03. The van der Waals surface area contributed by atoms with Crippen LogP contribution in [-0.4, -0.2) is 38.8 Å². The Morgan fingerprint density at radius 3 is 2.85 bits per heavy atom. The first-order chi connectivity index (χ1) is 9.65. The van der Waals surface area contributed by atoms with Crippen molar-refractivity contribution in [2.24, 2.45) is 4.99 Å². The highest BCUT2D eigenvalue weighted by molar-refractivity contribution is 5.80. The number of aryl methyl sites for hydroxylation is 1. The summed E-state index contributed by atoms with van der Waals surface area (Å²) in [4.78, 5) is 4.60. The molecule has 0 bridgehead atoms. The number of nitrogens with zero attached hydrogens (tertiary/aromatic N) is 1. The second-order valence-electron chi connectivity index (χ2n) is 5.00. The number of methoxy groups -OCH3 is 1. The quantitative estimate of drug-likeness (QED) is 0.593. The molecule has 0 saturated heterocycles. The first kappa shape index (κ1) is 16.5. The van der Waals surface area contributed by atoms with Crippen LogP contribution in [-0.2, 0) is 11.2 Å². The van der Waals surface area contributed by atoms with E-state index in [9.17, 15) is 0 Å². The normalized spacial score (nSPS) is 13.1. The summed E-state index contributed by atoms with van der Waals surface area (Å²) in [5, 5.41) is 6.58. The highest BCUT2D eigenvalue weighted by Crippen LogP contribution is 2.04. The molecule has 20 heavy (non-hydrogen) atoms. The number of nitrogens with one attached hydrogen (secondary N) is 2. The lowest BCUT2D eigenvalue weighted by Gasteiger charge is -2.17. The largest absolute Gasteiger partial charge is 0.383 e. The van der Waals surface area contributed by atoms with Crippen LogP contribution in [0.1, 0.15) is 25.0 Å². The molecule has 0 fully saturated rings. The molecule has 1 rings (SSSR count). The third-order valence-electron chi connectivity index (χ3n) is 2.90. The lowest BCUT2D eigenvalue weighted by atomic mass is 10.1. The molecule has 112 valence electrons. The van der Waals surface area contributed by atoms with Crippen LogP contribution in [0, 0.1) is 6.92 Å². The average Bonchev–Trinajstić information content (AvgIpc) is 2.39. The van der Waals surface area contributed by atoms with E-state index in [-0.39, 0.29) is 6.04 Å². The predicted octanol–water partition coefficient (Wildman–Crippen LogP) is 2.13. The van der Waals surface area contributed by atoms with E-state index in [1.807, 2.05) is 0 Å². The summed E-state index contributed by atoms with van der Waals surface area (Å²) in [6.07, 6.45) is 0.955. The third-order valence-corrected chi connectivity index (χ3v) is 2.90. The molecule has 0 aliphatic rings. The van der Waals surface area contributed by atoms with Gasteiger partial charge in [-0.1, -0.05) is 29.8 Å². The molecule has 0 aliphatic carbocycles. The molecule has 4 nitrogen and oxygen atoms in total. The van der Waals surface area contributed by atoms with E-state index in [4.69, 9.17) is 4.74 Å². The average molecular weight is 277 g/mol. The Morgan fingerprint density at radius 1 is 1.40 bits per heavy atom. The van der Waals surface area contributed by atoms with Crippen LogP contribution in [0.5, 0.6) is 0 Å². The number of aliphatic imine (C=N–C) groups is 1. The number of ether oxygens (including phenoxy) is 1. The second kappa shape index (κ2) is 9.37. The molecule has 1 unspecified atom stereocenters. The van der Waals surface area contributed by atoms with Crippen LogP contribution in [0.2, 0.25) is 0 Å². The molecule has 1 aromatic carbocycles. The van der Waals surface area contributed by atoms with E-state index in [0.29, 0.717) is 6.61 Å². The monoisotopic (exact) mass is 277 g/mol. The standard InChI is InChI=1S/C16H27N3O/c1-5-17-16(19-14(3)12-20-4)18-10-9-15-8-6-7-13(2)11-15/h6-8,11,14H,5,9-10,12H2,1-4H3,(H2,17,18,19). The molecule has 4 heteroatoms. The zero-order valence-electron chi connectivity index (χ0n) is 13.1. The molecule has 0 saturated carbocycles. The van der Waals surface area contributed by atoms with Crippen LogP contribution in [0.25, 0.3) is 0 Å². The highest BCUT2D eigenvalue weighted by atomic mass is 16.5. The van der Waals surface area contributed by atoms with Crippen molar-refractivity contribution in [1.29, 1.82) is 0 Å². The molecule has 0 heterocycles. The van der Waals surface area contributed by atoms with Gasteiger partial charge in [0.25, 0.3) is 0 Å². The van der Waals surface area contributed by atoms with E-state index >= 15 is 0 Å². The zero-order valence-corrected chi connectivity index (χ0v) is 13.1. The predicted molar refractivity (Wildman–Crippen MR) is 85.3 cm³/mol. The Hall–Kier alpha value is -1.55. The summed E-state index contributed by atoms with van der Waals surface area (Å²) in [5.74, 6) is 0.852. The Kier molecular flexibility index (Phi) is 7.73. The minimum atomic E-state index is 0.247. The molecule has 0 aromatic heterocycles. The van der Waals surface area contributed by atoms with Crippen molar-refractivity contribution in [3.05, 3.63) is 35.4 Å². The van der Waals surface area contributed by atoms with Crippen LogP contribution >= 0.6 is 0 Å². The van der Waals surface area contributed by atoms with Crippen molar-refractivity contribution >= 4 is 5.96 Å². The van der Waals surface area contributed by atoms with Gasteiger partial charge in [0.1, 0.15) is 0 Å². The van der Waals surface area contributed by atoms with Gasteiger partial charge in [0.05, 0.1) is 6.61 Å². The molecule has 0 radical (unpaired) electrons. The van der Waals surface area contributed by atoms with Gasteiger partial charge >= 0.3 is 0 Å². The Bertz CT molecular complexity index is 418. The van der Waals surface area contributed by atoms with Crippen molar-refractivity contribution < 1.29 is 4.74 Å². The summed E-state index contributed by atoms with van der Waals surface area (Å²) < 4.78 is 5.12. The van der Waals surface area contributed by atoms with E-state index in [1.165, 1.54) is 11.1 Å². The first-order valence-corrected chi connectivity index (χ1v) is 7.25. The molecular formula is C16H27N3O. The molecule has 1 aromatic rings. The SMILES string of the molecule is CCNC(=NCCc1cccc(C)c1)NC(C)COC. The molecule has 0 aliphatic heterocycles. The summed E-state index contributed by atoms with van der Waals surface area (Å²) in [6, 6.07) is 8.82. The van der Waals surface area contributed by atoms with Crippen LogP contribution < -0.4 is 10.6 Å². The topological polar surface area (TPSA) is 45.7 Å². The maximum atomic E-state index is 5.12. The maximum absolute atomic E-state index is 5.12. The molecule has 2 N–H and O–H groups in total. The van der Waals surface area contributed by atoms with Crippen LogP contribution in [0.15, 0.2) is 29.3 Å². The van der Waals surface area contributed by atoms with Gasteiger partial charge < -0.3 is 15.4 Å². The number of rotatable bonds is 7. The maximum Gasteiger partial charge on any atom is 0.191 e. The van der Waals surface area contributed by atoms with Crippen molar-refractivity contribution in [1.82, 2.24) is 10.6 Å². The lowest BCUT2D eigenvalue weighted by Crippen LogP contribution is -2.44. The van der Waals surface area contributed by atoms with Crippen LogP contribution in [0.3, 0.4) is 0 Å². The third kappa shape index (κ3) is 6.57. The van der Waals surface area contributed by atoms with Crippen molar-refractivity contribution in [2.45, 2.75) is 33.2 Å². The lowest BCUT2D eigenvalue weighted by molar-refractivity contribution is 0.179. The van der Waals surface area contributed by atoms with Crippen molar-refractivity contribution in [3.63, 3.8) is 0 Å². The zero-order chi connectivity index (χ0) is 14.8. The van der Waals surface area contributed by atoms with Gasteiger partial charge in [-0.25, -0.2) is 0 Å². The number of benzene rings is 1. The molecule has 0 spiro atoms. The van der Waals surface area contributed by atoms with E-state index in [0.717, 1.165) is 25.5 Å². The van der Waals surface area contributed by atoms with Gasteiger partial charge in [0, 0.05) is 26.2 Å². The Morgan fingerprint density at radius 2 is 2.20 bits per heavy atom. The van der Waals surface area contributed by atoms with E-state index in [2.05, 4.69) is 60.7 Å². The molecule has 0 amide bonds. The first-order valence-electron chi connectivity index (χ1n) is 7.25. The van der Waals surface area contributed by atoms with Gasteiger partial charge in [0.2, 0.25) is 0 Å². The molecular weight excluding hydrogens is 250 g/mol.